The zero-order valence-corrected chi connectivity index (χ0v) is 17.0. The summed E-state index contributed by atoms with van der Waals surface area (Å²) in [5, 5.41) is 2.62. The fourth-order valence-corrected chi connectivity index (χ4v) is 3.27. The van der Waals surface area contributed by atoms with Crippen LogP contribution < -0.4 is 10.2 Å². The van der Waals surface area contributed by atoms with E-state index in [1.807, 2.05) is 6.07 Å². The van der Waals surface area contributed by atoms with Gasteiger partial charge in [-0.2, -0.15) is 0 Å². The van der Waals surface area contributed by atoms with Crippen LogP contribution in [0.2, 0.25) is 0 Å². The standard InChI is InChI=1S/C22H23N3O5/c1-15(19(27)24(3)17-12-8-5-9-13-17)30-18(26)14-25-20(28)22(2,23-21(25)29)16-10-6-4-7-11-16/h4-13,15H,14H2,1-3H3,(H,23,29)/t15-,22-/m1/s1. The van der Waals surface area contributed by atoms with E-state index in [4.69, 9.17) is 4.74 Å². The van der Waals surface area contributed by atoms with E-state index in [-0.39, 0.29) is 0 Å². The maximum atomic E-state index is 12.8. The van der Waals surface area contributed by atoms with Crippen molar-refractivity contribution in [3.05, 3.63) is 66.2 Å². The zero-order valence-electron chi connectivity index (χ0n) is 17.0. The summed E-state index contributed by atoms with van der Waals surface area (Å²) in [5.74, 6) is -1.84. The summed E-state index contributed by atoms with van der Waals surface area (Å²) in [4.78, 5) is 52.2. The van der Waals surface area contributed by atoms with Crippen LogP contribution in [0, 0.1) is 0 Å². The number of nitrogens with one attached hydrogen (secondary N) is 1. The van der Waals surface area contributed by atoms with E-state index in [0.29, 0.717) is 11.3 Å². The first kappa shape index (κ1) is 21.0. The molecule has 4 amide bonds. The van der Waals surface area contributed by atoms with E-state index in [1.54, 1.807) is 68.6 Å². The topological polar surface area (TPSA) is 96.0 Å². The molecule has 1 N–H and O–H groups in total. The molecule has 8 nitrogen and oxygen atoms in total. The number of likely N-dealkylation sites (N-methyl/N-ethyl adjacent to an activating group) is 1. The first-order chi connectivity index (χ1) is 14.2. The van der Waals surface area contributed by atoms with Crippen molar-refractivity contribution in [1.29, 1.82) is 0 Å². The third kappa shape index (κ3) is 4.03. The Kier molecular flexibility index (Phi) is 5.86. The highest BCUT2D eigenvalue weighted by Gasteiger charge is 2.49. The van der Waals surface area contributed by atoms with Crippen LogP contribution in [0.3, 0.4) is 0 Å². The first-order valence-corrected chi connectivity index (χ1v) is 9.46. The lowest BCUT2D eigenvalue weighted by Gasteiger charge is -2.23. The molecule has 2 aromatic carbocycles. The summed E-state index contributed by atoms with van der Waals surface area (Å²) < 4.78 is 5.18. The van der Waals surface area contributed by atoms with Gasteiger partial charge < -0.3 is 15.0 Å². The summed E-state index contributed by atoms with van der Waals surface area (Å²) in [6.07, 6.45) is -1.08. The minimum absolute atomic E-state index is 0.430. The Labute approximate surface area is 174 Å². The van der Waals surface area contributed by atoms with Gasteiger partial charge in [0.05, 0.1) is 0 Å². The predicted octanol–water partition coefficient (Wildman–Crippen LogP) is 2.05. The van der Waals surface area contributed by atoms with Crippen molar-refractivity contribution in [2.75, 3.05) is 18.5 Å². The number of nitrogens with zero attached hydrogens (tertiary/aromatic N) is 2. The zero-order chi connectivity index (χ0) is 21.9. The largest absolute Gasteiger partial charge is 0.451 e. The Bertz CT molecular complexity index is 963. The van der Waals surface area contributed by atoms with Crippen LogP contribution >= 0.6 is 0 Å². The van der Waals surface area contributed by atoms with Crippen LogP contribution in [0.4, 0.5) is 10.5 Å². The van der Waals surface area contributed by atoms with Crippen molar-refractivity contribution in [3.8, 4) is 0 Å². The van der Waals surface area contributed by atoms with Crippen molar-refractivity contribution in [2.24, 2.45) is 0 Å². The Morgan fingerprint density at radius 2 is 1.63 bits per heavy atom. The second-order valence-electron chi connectivity index (χ2n) is 7.18. The van der Waals surface area contributed by atoms with Gasteiger partial charge in [-0.15, -0.1) is 0 Å². The number of imide groups is 1. The van der Waals surface area contributed by atoms with E-state index in [2.05, 4.69) is 5.32 Å². The van der Waals surface area contributed by atoms with Gasteiger partial charge in [-0.3, -0.25) is 19.3 Å². The fourth-order valence-electron chi connectivity index (χ4n) is 3.27. The highest BCUT2D eigenvalue weighted by Crippen LogP contribution is 2.28. The van der Waals surface area contributed by atoms with Gasteiger partial charge in [0.15, 0.2) is 6.10 Å². The van der Waals surface area contributed by atoms with Crippen molar-refractivity contribution in [2.45, 2.75) is 25.5 Å². The monoisotopic (exact) mass is 409 g/mol. The Hall–Kier alpha value is -3.68. The second kappa shape index (κ2) is 8.36. The summed E-state index contributed by atoms with van der Waals surface area (Å²) in [7, 11) is 1.57. The molecule has 0 saturated carbocycles. The van der Waals surface area contributed by atoms with Gasteiger partial charge >= 0.3 is 12.0 Å². The molecule has 0 aliphatic carbocycles. The number of para-hydroxylation sites is 1. The van der Waals surface area contributed by atoms with Crippen LogP contribution in [-0.4, -0.2) is 48.4 Å². The lowest BCUT2D eigenvalue weighted by Crippen LogP contribution is -2.43. The number of carbonyl (C=O) groups is 4. The molecule has 0 aromatic heterocycles. The Balaban J connectivity index is 1.64. The van der Waals surface area contributed by atoms with Crippen LogP contribution in [0.25, 0.3) is 0 Å². The molecule has 0 radical (unpaired) electrons. The van der Waals surface area contributed by atoms with E-state index in [9.17, 15) is 19.2 Å². The minimum Gasteiger partial charge on any atom is -0.451 e. The molecule has 1 fully saturated rings. The molecule has 1 aliphatic heterocycles. The lowest BCUT2D eigenvalue weighted by molar-refractivity contribution is -0.155. The molecule has 0 spiro atoms. The maximum absolute atomic E-state index is 12.8. The van der Waals surface area contributed by atoms with E-state index in [0.717, 1.165) is 4.90 Å². The fraction of sp³-hybridized carbons (Fsp3) is 0.273. The molecular formula is C22H23N3O5. The van der Waals surface area contributed by atoms with Gasteiger partial charge in [0.2, 0.25) is 0 Å². The number of ether oxygens (including phenoxy) is 1. The third-order valence-electron chi connectivity index (χ3n) is 5.04. The van der Waals surface area contributed by atoms with E-state index < -0.39 is 42.0 Å². The number of benzene rings is 2. The van der Waals surface area contributed by atoms with E-state index in [1.165, 1.54) is 11.8 Å². The lowest BCUT2D eigenvalue weighted by atomic mass is 9.92. The van der Waals surface area contributed by atoms with Crippen LogP contribution in [0.5, 0.6) is 0 Å². The van der Waals surface area contributed by atoms with Gasteiger partial charge in [0.25, 0.3) is 11.8 Å². The van der Waals surface area contributed by atoms with Gasteiger partial charge in [0.1, 0.15) is 12.1 Å². The summed E-state index contributed by atoms with van der Waals surface area (Å²) in [6.45, 7) is 2.44. The number of anilines is 1. The average molecular weight is 409 g/mol. The maximum Gasteiger partial charge on any atom is 0.327 e. The van der Waals surface area contributed by atoms with Gasteiger partial charge in [-0.25, -0.2) is 4.79 Å². The molecule has 156 valence electrons. The number of carbonyl (C=O) groups excluding carboxylic acids is 4. The van der Waals surface area contributed by atoms with Crippen molar-refractivity contribution >= 4 is 29.5 Å². The summed E-state index contributed by atoms with van der Waals surface area (Å²) in [6, 6.07) is 17.0. The molecule has 3 rings (SSSR count). The third-order valence-corrected chi connectivity index (χ3v) is 5.04. The van der Waals surface area contributed by atoms with Crippen molar-refractivity contribution in [1.82, 2.24) is 10.2 Å². The number of hydrogen-bond donors (Lipinski definition) is 1. The second-order valence-corrected chi connectivity index (χ2v) is 7.18. The smallest absolute Gasteiger partial charge is 0.327 e. The number of esters is 1. The minimum atomic E-state index is -1.27. The summed E-state index contributed by atoms with van der Waals surface area (Å²) in [5.41, 5.74) is -0.0153. The molecule has 0 bridgehead atoms. The van der Waals surface area contributed by atoms with Gasteiger partial charge in [0, 0.05) is 12.7 Å². The van der Waals surface area contributed by atoms with Crippen molar-refractivity contribution in [3.63, 3.8) is 0 Å². The molecular weight excluding hydrogens is 386 g/mol. The van der Waals surface area contributed by atoms with Crippen molar-refractivity contribution < 1.29 is 23.9 Å². The number of rotatable bonds is 6. The molecule has 8 heteroatoms. The molecule has 2 atom stereocenters. The number of urea groups is 1. The highest BCUT2D eigenvalue weighted by atomic mass is 16.5. The summed E-state index contributed by atoms with van der Waals surface area (Å²) >= 11 is 0. The number of hydrogen-bond acceptors (Lipinski definition) is 5. The van der Waals surface area contributed by atoms with Gasteiger partial charge in [-0.1, -0.05) is 48.5 Å². The Morgan fingerprint density at radius 1 is 1.07 bits per heavy atom. The number of amides is 4. The SMILES string of the molecule is C[C@@H](OC(=O)CN1C(=O)N[C@](C)(c2ccccc2)C1=O)C(=O)N(C)c1ccccc1. The molecule has 0 unspecified atom stereocenters. The molecule has 1 saturated heterocycles. The highest BCUT2D eigenvalue weighted by molar-refractivity contribution is 6.09. The van der Waals surface area contributed by atoms with Crippen LogP contribution in [-0.2, 0) is 24.7 Å². The molecule has 30 heavy (non-hydrogen) atoms. The quantitative estimate of drug-likeness (QED) is 0.582. The predicted molar refractivity (Wildman–Crippen MR) is 109 cm³/mol. The Morgan fingerprint density at radius 3 is 2.23 bits per heavy atom. The molecule has 1 aliphatic rings. The van der Waals surface area contributed by atoms with E-state index >= 15 is 0 Å². The molecule has 1 heterocycles. The normalized spacial score (nSPS) is 19.2. The van der Waals surface area contributed by atoms with Gasteiger partial charge in [-0.05, 0) is 31.5 Å². The average Bonchev–Trinajstić information content (AvgIpc) is 2.97. The van der Waals surface area contributed by atoms with Crippen LogP contribution in [0.15, 0.2) is 60.7 Å². The van der Waals surface area contributed by atoms with Crippen LogP contribution in [0.1, 0.15) is 19.4 Å². The first-order valence-electron chi connectivity index (χ1n) is 9.46. The molecule has 2 aromatic rings.